The fourth-order valence-electron chi connectivity index (χ4n) is 3.08. The van der Waals surface area contributed by atoms with Gasteiger partial charge >= 0.3 is 0 Å². The normalized spacial score (nSPS) is 15.9. The highest BCUT2D eigenvalue weighted by Crippen LogP contribution is 2.33. The van der Waals surface area contributed by atoms with E-state index in [9.17, 15) is 9.59 Å². The van der Waals surface area contributed by atoms with Gasteiger partial charge in [0, 0.05) is 31.5 Å². The van der Waals surface area contributed by atoms with Crippen molar-refractivity contribution in [1.82, 2.24) is 4.90 Å². The van der Waals surface area contributed by atoms with E-state index in [4.69, 9.17) is 4.74 Å². The monoisotopic (exact) mass is 384 g/mol. The van der Waals surface area contributed by atoms with E-state index in [1.54, 1.807) is 35.5 Å². The summed E-state index contributed by atoms with van der Waals surface area (Å²) in [7, 11) is 1.79. The van der Waals surface area contributed by atoms with Crippen LogP contribution >= 0.6 is 11.8 Å². The topological polar surface area (TPSA) is 49.9 Å². The van der Waals surface area contributed by atoms with Crippen molar-refractivity contribution < 1.29 is 14.3 Å². The van der Waals surface area contributed by atoms with E-state index in [0.717, 1.165) is 11.3 Å². The van der Waals surface area contributed by atoms with Gasteiger partial charge in [-0.15, -0.1) is 11.8 Å². The number of benzene rings is 2. The standard InChI is InChI=1S/C21H24N2O3S/c1-15-21(25)23(18-6-4-5-7-19(18)26-15)13-12-20(24)22(2)14-16-8-10-17(27-3)11-9-16/h4-11,15H,12-14H2,1-3H3. The molecule has 0 fully saturated rings. The van der Waals surface area contributed by atoms with Crippen LogP contribution in [-0.4, -0.2) is 42.7 Å². The van der Waals surface area contributed by atoms with Crippen LogP contribution < -0.4 is 9.64 Å². The molecular formula is C21H24N2O3S. The van der Waals surface area contributed by atoms with Crippen LogP contribution in [0.1, 0.15) is 18.9 Å². The molecule has 2 amide bonds. The van der Waals surface area contributed by atoms with Crippen molar-refractivity contribution >= 4 is 29.3 Å². The van der Waals surface area contributed by atoms with Gasteiger partial charge in [-0.3, -0.25) is 9.59 Å². The van der Waals surface area contributed by atoms with Gasteiger partial charge in [0.05, 0.1) is 5.69 Å². The molecule has 0 bridgehead atoms. The van der Waals surface area contributed by atoms with Gasteiger partial charge in [-0.25, -0.2) is 0 Å². The van der Waals surface area contributed by atoms with Crippen molar-refractivity contribution in [2.75, 3.05) is 24.7 Å². The third-order valence-electron chi connectivity index (χ3n) is 4.63. The molecule has 2 aromatic rings. The summed E-state index contributed by atoms with van der Waals surface area (Å²) < 4.78 is 5.64. The minimum absolute atomic E-state index is 0.00775. The van der Waals surface area contributed by atoms with Crippen molar-refractivity contribution in [3.63, 3.8) is 0 Å². The highest BCUT2D eigenvalue weighted by molar-refractivity contribution is 7.98. The molecule has 0 radical (unpaired) electrons. The van der Waals surface area contributed by atoms with E-state index in [1.807, 2.05) is 42.7 Å². The van der Waals surface area contributed by atoms with Gasteiger partial charge < -0.3 is 14.5 Å². The lowest BCUT2D eigenvalue weighted by atomic mass is 10.1. The zero-order valence-electron chi connectivity index (χ0n) is 15.8. The third-order valence-corrected chi connectivity index (χ3v) is 5.37. The summed E-state index contributed by atoms with van der Waals surface area (Å²) in [5.41, 5.74) is 1.81. The molecule has 1 unspecified atom stereocenters. The summed E-state index contributed by atoms with van der Waals surface area (Å²) in [6.45, 7) is 2.63. The molecule has 142 valence electrons. The molecule has 27 heavy (non-hydrogen) atoms. The first-order valence-corrected chi connectivity index (χ1v) is 10.2. The van der Waals surface area contributed by atoms with Gasteiger partial charge in [-0.2, -0.15) is 0 Å². The molecule has 1 aliphatic heterocycles. The van der Waals surface area contributed by atoms with Crippen LogP contribution in [0.15, 0.2) is 53.4 Å². The molecule has 3 rings (SSSR count). The van der Waals surface area contributed by atoms with E-state index < -0.39 is 6.10 Å². The molecule has 5 nitrogen and oxygen atoms in total. The van der Waals surface area contributed by atoms with Crippen LogP contribution in [0.4, 0.5) is 5.69 Å². The number of ether oxygens (including phenoxy) is 1. The van der Waals surface area contributed by atoms with Crippen molar-refractivity contribution in [3.05, 3.63) is 54.1 Å². The Hall–Kier alpha value is -2.47. The Morgan fingerprint density at radius 3 is 2.59 bits per heavy atom. The number of hydrogen-bond acceptors (Lipinski definition) is 4. The SMILES string of the molecule is CSc1ccc(CN(C)C(=O)CCN2C(=O)C(C)Oc3ccccc32)cc1. The predicted molar refractivity (Wildman–Crippen MR) is 108 cm³/mol. The largest absolute Gasteiger partial charge is 0.479 e. The number of carbonyl (C=O) groups is 2. The van der Waals surface area contributed by atoms with Crippen LogP contribution in [0.25, 0.3) is 0 Å². The second kappa shape index (κ2) is 8.48. The molecule has 0 spiro atoms. The molecule has 0 N–H and O–H groups in total. The summed E-state index contributed by atoms with van der Waals surface area (Å²) in [5, 5.41) is 0. The Morgan fingerprint density at radius 1 is 1.19 bits per heavy atom. The number of anilines is 1. The Morgan fingerprint density at radius 2 is 1.89 bits per heavy atom. The molecule has 0 aliphatic carbocycles. The summed E-state index contributed by atoms with van der Waals surface area (Å²) in [6, 6.07) is 15.6. The number of para-hydroxylation sites is 2. The maximum absolute atomic E-state index is 12.6. The van der Waals surface area contributed by atoms with E-state index in [2.05, 4.69) is 12.1 Å². The summed E-state index contributed by atoms with van der Waals surface area (Å²) in [5.74, 6) is 0.574. The maximum Gasteiger partial charge on any atom is 0.267 e. The summed E-state index contributed by atoms with van der Waals surface area (Å²) in [4.78, 5) is 29.6. The Kier molecular flexibility index (Phi) is 6.06. The Labute approximate surface area is 164 Å². The molecule has 1 aliphatic rings. The number of hydrogen-bond donors (Lipinski definition) is 0. The lowest BCUT2D eigenvalue weighted by Crippen LogP contribution is -2.45. The van der Waals surface area contributed by atoms with Crippen LogP contribution in [0.5, 0.6) is 5.75 Å². The van der Waals surface area contributed by atoms with E-state index in [-0.39, 0.29) is 18.2 Å². The zero-order valence-corrected chi connectivity index (χ0v) is 16.7. The highest BCUT2D eigenvalue weighted by Gasteiger charge is 2.31. The maximum atomic E-state index is 12.6. The lowest BCUT2D eigenvalue weighted by molar-refractivity contribution is -0.130. The first-order valence-electron chi connectivity index (χ1n) is 8.93. The van der Waals surface area contributed by atoms with Gasteiger partial charge in [0.15, 0.2) is 6.10 Å². The molecule has 0 aromatic heterocycles. The molecule has 2 aromatic carbocycles. The second-order valence-corrected chi connectivity index (χ2v) is 7.45. The number of amides is 2. The van der Waals surface area contributed by atoms with E-state index in [1.165, 1.54) is 4.90 Å². The van der Waals surface area contributed by atoms with Crippen LogP contribution in [-0.2, 0) is 16.1 Å². The fourth-order valence-corrected chi connectivity index (χ4v) is 3.49. The van der Waals surface area contributed by atoms with Crippen LogP contribution in [0.2, 0.25) is 0 Å². The van der Waals surface area contributed by atoms with Crippen LogP contribution in [0.3, 0.4) is 0 Å². The minimum atomic E-state index is -0.539. The van der Waals surface area contributed by atoms with Gasteiger partial charge in [0.25, 0.3) is 5.91 Å². The zero-order chi connectivity index (χ0) is 19.4. The van der Waals surface area contributed by atoms with Gasteiger partial charge in [-0.1, -0.05) is 24.3 Å². The molecule has 1 atom stereocenters. The van der Waals surface area contributed by atoms with Crippen molar-refractivity contribution in [3.8, 4) is 5.75 Å². The molecule has 1 heterocycles. The minimum Gasteiger partial charge on any atom is -0.479 e. The smallest absolute Gasteiger partial charge is 0.267 e. The fraction of sp³-hybridized carbons (Fsp3) is 0.333. The average molecular weight is 385 g/mol. The lowest BCUT2D eigenvalue weighted by Gasteiger charge is -2.33. The Balaban J connectivity index is 1.61. The number of nitrogens with zero attached hydrogens (tertiary/aromatic N) is 2. The number of thioether (sulfide) groups is 1. The summed E-state index contributed by atoms with van der Waals surface area (Å²) >= 11 is 1.69. The molecule has 0 saturated heterocycles. The van der Waals surface area contributed by atoms with E-state index >= 15 is 0 Å². The third kappa shape index (κ3) is 4.45. The number of fused-ring (bicyclic) bond motifs is 1. The Bertz CT molecular complexity index is 822. The summed E-state index contributed by atoms with van der Waals surface area (Å²) in [6.07, 6.45) is 1.77. The van der Waals surface area contributed by atoms with Crippen molar-refractivity contribution in [1.29, 1.82) is 0 Å². The molecule has 0 saturated carbocycles. The first kappa shape index (κ1) is 19.3. The first-order chi connectivity index (χ1) is 13.0. The average Bonchev–Trinajstić information content (AvgIpc) is 2.68. The van der Waals surface area contributed by atoms with Gasteiger partial charge in [0.1, 0.15) is 5.75 Å². The number of rotatable bonds is 6. The predicted octanol–water partition coefficient (Wildman–Crippen LogP) is 3.57. The highest BCUT2D eigenvalue weighted by atomic mass is 32.2. The van der Waals surface area contributed by atoms with Gasteiger partial charge in [-0.05, 0) is 43.0 Å². The van der Waals surface area contributed by atoms with Crippen LogP contribution in [0, 0.1) is 0 Å². The van der Waals surface area contributed by atoms with Crippen molar-refractivity contribution in [2.45, 2.75) is 30.9 Å². The molecule has 6 heteroatoms. The number of carbonyl (C=O) groups excluding carboxylic acids is 2. The van der Waals surface area contributed by atoms with E-state index in [0.29, 0.717) is 18.8 Å². The van der Waals surface area contributed by atoms with Crippen molar-refractivity contribution in [2.24, 2.45) is 0 Å². The van der Waals surface area contributed by atoms with Gasteiger partial charge in [0.2, 0.25) is 5.91 Å². The second-order valence-electron chi connectivity index (χ2n) is 6.57. The molecular weight excluding hydrogens is 360 g/mol. The quantitative estimate of drug-likeness (QED) is 0.715.